The summed E-state index contributed by atoms with van der Waals surface area (Å²) in [4.78, 5) is 0. The molecule has 1 unspecified atom stereocenters. The van der Waals surface area contributed by atoms with Crippen LogP contribution in [0, 0.1) is 12.8 Å². The van der Waals surface area contributed by atoms with Crippen molar-refractivity contribution in [2.75, 3.05) is 0 Å². The molecule has 0 heterocycles. The maximum atomic E-state index is 9.68. The maximum Gasteiger partial charge on any atom is 0.0835 e. The minimum atomic E-state index is -0.635. The molecule has 1 nitrogen and oxygen atoms in total. The van der Waals surface area contributed by atoms with Gasteiger partial charge in [0.1, 0.15) is 0 Å². The number of rotatable bonds is 2. The van der Waals surface area contributed by atoms with Crippen LogP contribution in [-0.2, 0) is 17.1 Å². The zero-order valence-electron chi connectivity index (χ0n) is 9.70. The van der Waals surface area contributed by atoms with E-state index < -0.39 is 5.60 Å². The Kier molecular flexibility index (Phi) is 7.40. The van der Waals surface area contributed by atoms with Gasteiger partial charge in [0.25, 0.3) is 0 Å². The second-order valence-corrected chi connectivity index (χ2v) is 3.76. The smallest absolute Gasteiger partial charge is 0.0835 e. The van der Waals surface area contributed by atoms with Crippen LogP contribution in [0.5, 0.6) is 0 Å². The quantitative estimate of drug-likeness (QED) is 0.754. The molecule has 2 aliphatic carbocycles. The van der Waals surface area contributed by atoms with E-state index in [2.05, 4.69) is 0 Å². The average molecular weight is 258 g/mol. The Morgan fingerprint density at radius 2 is 1.69 bits per heavy atom. The van der Waals surface area contributed by atoms with E-state index in [1.807, 2.05) is 69.2 Å². The minimum Gasteiger partial charge on any atom is -0.386 e. The molecular formula is C14H18FeO. The molecule has 0 aliphatic heterocycles. The molecule has 2 heteroatoms. The molecule has 0 aromatic carbocycles. The first-order chi connectivity index (χ1) is 7.17. The van der Waals surface area contributed by atoms with Crippen molar-refractivity contribution in [3.8, 4) is 0 Å². The van der Waals surface area contributed by atoms with Gasteiger partial charge in [-0.15, -0.1) is 0 Å². The minimum absolute atomic E-state index is 0. The first kappa shape index (κ1) is 15.4. The van der Waals surface area contributed by atoms with Gasteiger partial charge in [-0.3, -0.25) is 0 Å². The van der Waals surface area contributed by atoms with Crippen molar-refractivity contribution in [2.45, 2.75) is 25.9 Å². The van der Waals surface area contributed by atoms with E-state index in [0.717, 1.165) is 12.0 Å². The molecule has 0 saturated heterocycles. The van der Waals surface area contributed by atoms with E-state index in [4.69, 9.17) is 0 Å². The van der Waals surface area contributed by atoms with Crippen LogP contribution in [0.2, 0.25) is 0 Å². The largest absolute Gasteiger partial charge is 0.386 e. The summed E-state index contributed by atoms with van der Waals surface area (Å²) < 4.78 is 0. The van der Waals surface area contributed by atoms with Crippen LogP contribution in [-0.4, -0.2) is 10.7 Å². The Morgan fingerprint density at radius 3 is 2.00 bits per heavy atom. The van der Waals surface area contributed by atoms with Crippen molar-refractivity contribution < 1.29 is 22.2 Å². The summed E-state index contributed by atoms with van der Waals surface area (Å²) in [5, 5.41) is 9.68. The molecule has 2 aliphatic rings. The Morgan fingerprint density at radius 1 is 1.06 bits per heavy atom. The number of hydrogen-bond donors (Lipinski definition) is 1. The van der Waals surface area contributed by atoms with Crippen molar-refractivity contribution in [3.05, 3.63) is 60.9 Å². The third kappa shape index (κ3) is 4.98. The average Bonchev–Trinajstić information content (AvgIpc) is 2.93. The van der Waals surface area contributed by atoms with E-state index in [9.17, 15) is 5.11 Å². The maximum absolute atomic E-state index is 9.68. The molecule has 2 radical (unpaired) electrons. The molecule has 0 aromatic rings. The Labute approximate surface area is 109 Å². The van der Waals surface area contributed by atoms with E-state index in [0.29, 0.717) is 0 Å². The van der Waals surface area contributed by atoms with E-state index in [1.165, 1.54) is 0 Å². The van der Waals surface area contributed by atoms with E-state index in [1.54, 1.807) is 0 Å². The van der Waals surface area contributed by atoms with Crippen LogP contribution >= 0.6 is 0 Å². The van der Waals surface area contributed by atoms with Crippen LogP contribution in [0.15, 0.2) is 48.1 Å². The summed E-state index contributed by atoms with van der Waals surface area (Å²) in [5.41, 5.74) is 0.374. The van der Waals surface area contributed by atoms with Crippen molar-refractivity contribution in [2.24, 2.45) is 0 Å². The normalized spacial score (nSPS) is 19.6. The molecule has 0 fully saturated rings. The summed E-state index contributed by atoms with van der Waals surface area (Å²) in [6.45, 7) is 3.81. The molecular weight excluding hydrogens is 240 g/mol. The predicted molar refractivity (Wildman–Crippen MR) is 65.0 cm³/mol. The third-order valence-corrected chi connectivity index (χ3v) is 2.53. The SMILES string of the molecule is CCC(C)(O)C1=CC=C[CH]1.[CH]1C=CC=C1.[Fe]. The zero-order chi connectivity index (χ0) is 11.1. The van der Waals surface area contributed by atoms with Gasteiger partial charge in [-0.1, -0.05) is 49.5 Å². The molecule has 0 amide bonds. The molecule has 16 heavy (non-hydrogen) atoms. The first-order valence-electron chi connectivity index (χ1n) is 5.28. The molecule has 1 atom stereocenters. The Balaban J connectivity index is 0.000000318. The summed E-state index contributed by atoms with van der Waals surface area (Å²) >= 11 is 0. The number of aliphatic hydroxyl groups is 1. The molecule has 0 bridgehead atoms. The van der Waals surface area contributed by atoms with Gasteiger partial charge < -0.3 is 5.11 Å². The Hall–Kier alpha value is -0.561. The number of hydrogen-bond acceptors (Lipinski definition) is 1. The number of allylic oxidation sites excluding steroid dienone is 7. The monoisotopic (exact) mass is 258 g/mol. The second kappa shape index (κ2) is 7.67. The summed E-state index contributed by atoms with van der Waals surface area (Å²) in [7, 11) is 0. The van der Waals surface area contributed by atoms with Crippen LogP contribution < -0.4 is 0 Å². The van der Waals surface area contributed by atoms with Crippen molar-refractivity contribution in [1.82, 2.24) is 0 Å². The predicted octanol–water partition coefficient (Wildman–Crippen LogP) is 3.16. The molecule has 0 saturated carbocycles. The van der Waals surface area contributed by atoms with Gasteiger partial charge in [-0.05, 0) is 18.9 Å². The molecule has 0 aromatic heterocycles. The fourth-order valence-corrected chi connectivity index (χ4v) is 1.26. The van der Waals surface area contributed by atoms with Crippen LogP contribution in [0.4, 0.5) is 0 Å². The topological polar surface area (TPSA) is 20.2 Å². The molecule has 0 spiro atoms. The summed E-state index contributed by atoms with van der Waals surface area (Å²) in [5.74, 6) is 0. The van der Waals surface area contributed by atoms with Gasteiger partial charge >= 0.3 is 0 Å². The first-order valence-corrected chi connectivity index (χ1v) is 5.28. The van der Waals surface area contributed by atoms with Crippen molar-refractivity contribution in [3.63, 3.8) is 0 Å². The van der Waals surface area contributed by atoms with Gasteiger partial charge in [0.2, 0.25) is 0 Å². The van der Waals surface area contributed by atoms with Gasteiger partial charge in [0, 0.05) is 29.9 Å². The Bertz CT molecular complexity index is 299. The van der Waals surface area contributed by atoms with Crippen LogP contribution in [0.3, 0.4) is 0 Å². The van der Waals surface area contributed by atoms with Gasteiger partial charge in [0.05, 0.1) is 5.60 Å². The molecule has 88 valence electrons. The molecule has 2 rings (SSSR count). The summed E-state index contributed by atoms with van der Waals surface area (Å²) in [6.07, 6.45) is 18.5. The standard InChI is InChI=1S/C9H13O.C5H5.Fe/c1-3-9(2,10)8-6-4-5-7-8;1-2-4-5-3-1;/h4-7,10H,3H2,1-2H3;1-5H;. The van der Waals surface area contributed by atoms with Crippen LogP contribution in [0.1, 0.15) is 20.3 Å². The fourth-order valence-electron chi connectivity index (χ4n) is 1.26. The second-order valence-electron chi connectivity index (χ2n) is 3.76. The zero-order valence-corrected chi connectivity index (χ0v) is 10.8. The molecule has 1 N–H and O–H groups in total. The van der Waals surface area contributed by atoms with Crippen molar-refractivity contribution >= 4 is 0 Å². The van der Waals surface area contributed by atoms with Gasteiger partial charge in [-0.25, -0.2) is 0 Å². The third-order valence-electron chi connectivity index (χ3n) is 2.53. The van der Waals surface area contributed by atoms with E-state index in [-0.39, 0.29) is 17.1 Å². The van der Waals surface area contributed by atoms with Gasteiger partial charge in [0.15, 0.2) is 0 Å². The fraction of sp³-hybridized carbons (Fsp3) is 0.286. The van der Waals surface area contributed by atoms with Crippen LogP contribution in [0.25, 0.3) is 0 Å². The van der Waals surface area contributed by atoms with Gasteiger partial charge in [-0.2, -0.15) is 0 Å². The van der Waals surface area contributed by atoms with Crippen molar-refractivity contribution in [1.29, 1.82) is 0 Å². The summed E-state index contributed by atoms with van der Waals surface area (Å²) in [6, 6.07) is 0. The van der Waals surface area contributed by atoms with E-state index >= 15 is 0 Å².